The number of aromatic nitrogens is 3. The van der Waals surface area contributed by atoms with Crippen LogP contribution in [0.5, 0.6) is 0 Å². The minimum atomic E-state index is -0.00534. The average Bonchev–Trinajstić information content (AvgIpc) is 2.95. The third kappa shape index (κ3) is 4.03. The monoisotopic (exact) mass is 294 g/mol. The van der Waals surface area contributed by atoms with Crippen LogP contribution < -0.4 is 5.32 Å². The average molecular weight is 294 g/mol. The van der Waals surface area contributed by atoms with E-state index in [0.29, 0.717) is 19.0 Å². The summed E-state index contributed by atoms with van der Waals surface area (Å²) in [5.74, 6) is 1.39. The van der Waals surface area contributed by atoms with Crippen molar-refractivity contribution in [2.75, 3.05) is 13.2 Å². The molecule has 1 saturated heterocycles. The molecule has 2 rings (SSSR count). The number of carbonyl (C=O) groups excluding carboxylic acids is 1. The van der Waals surface area contributed by atoms with Gasteiger partial charge in [0.15, 0.2) is 0 Å². The van der Waals surface area contributed by atoms with Crippen molar-refractivity contribution >= 4 is 5.91 Å². The summed E-state index contributed by atoms with van der Waals surface area (Å²) >= 11 is 0. The first-order valence-corrected chi connectivity index (χ1v) is 7.90. The number of nitrogens with zero attached hydrogens (tertiary/aromatic N) is 3. The van der Waals surface area contributed by atoms with Crippen molar-refractivity contribution < 1.29 is 9.53 Å². The van der Waals surface area contributed by atoms with Crippen molar-refractivity contribution in [1.29, 1.82) is 0 Å². The predicted octanol–water partition coefficient (Wildman–Crippen LogP) is 1.72. The lowest BCUT2D eigenvalue weighted by Gasteiger charge is -2.30. The summed E-state index contributed by atoms with van der Waals surface area (Å²) < 4.78 is 7.68. The predicted molar refractivity (Wildman–Crippen MR) is 79.9 cm³/mol. The number of amides is 1. The zero-order chi connectivity index (χ0) is 15.2. The second-order valence-corrected chi connectivity index (χ2v) is 5.89. The van der Waals surface area contributed by atoms with Gasteiger partial charge in [-0.15, -0.1) is 10.2 Å². The van der Waals surface area contributed by atoms with E-state index in [1.165, 1.54) is 0 Å². The second kappa shape index (κ2) is 7.54. The summed E-state index contributed by atoms with van der Waals surface area (Å²) in [5, 5.41) is 11.1. The fourth-order valence-electron chi connectivity index (χ4n) is 2.86. The van der Waals surface area contributed by atoms with Crippen LogP contribution in [0.2, 0.25) is 0 Å². The van der Waals surface area contributed by atoms with Crippen LogP contribution in [-0.2, 0) is 16.1 Å². The second-order valence-electron chi connectivity index (χ2n) is 5.89. The summed E-state index contributed by atoms with van der Waals surface area (Å²) in [6.07, 6.45) is 4.58. The molecule has 1 aliphatic rings. The van der Waals surface area contributed by atoms with Gasteiger partial charge in [0.2, 0.25) is 5.91 Å². The molecular formula is C15H26N4O2. The smallest absolute Gasteiger partial charge is 0.225 e. The number of nitrogens with one attached hydrogen (secondary N) is 1. The molecule has 0 aliphatic carbocycles. The molecule has 1 aliphatic heterocycles. The minimum Gasteiger partial charge on any atom is -0.377 e. The molecule has 0 saturated carbocycles. The summed E-state index contributed by atoms with van der Waals surface area (Å²) in [5.41, 5.74) is 0. The third-order valence-corrected chi connectivity index (χ3v) is 3.99. The quantitative estimate of drug-likeness (QED) is 0.867. The van der Waals surface area contributed by atoms with Gasteiger partial charge in [0.05, 0.1) is 12.0 Å². The van der Waals surface area contributed by atoms with Gasteiger partial charge in [0.1, 0.15) is 12.2 Å². The molecule has 0 bridgehead atoms. The van der Waals surface area contributed by atoms with Gasteiger partial charge in [0.25, 0.3) is 0 Å². The van der Waals surface area contributed by atoms with Gasteiger partial charge in [-0.3, -0.25) is 4.79 Å². The van der Waals surface area contributed by atoms with Crippen LogP contribution in [0, 0.1) is 5.92 Å². The van der Waals surface area contributed by atoms with Crippen LogP contribution in [0.25, 0.3) is 0 Å². The van der Waals surface area contributed by atoms with E-state index in [-0.39, 0.29) is 17.9 Å². The molecule has 1 N–H and O–H groups in total. The van der Waals surface area contributed by atoms with E-state index in [1.807, 2.05) is 4.57 Å². The Morgan fingerprint density at radius 1 is 1.57 bits per heavy atom. The van der Waals surface area contributed by atoms with Crippen molar-refractivity contribution in [3.8, 4) is 0 Å². The SMILES string of the molecule is CCC1OCCCC1C(=O)NCCn1cnnc1C(C)C. The molecule has 2 unspecified atom stereocenters. The maximum absolute atomic E-state index is 12.3. The first kappa shape index (κ1) is 15.9. The number of rotatable bonds is 6. The largest absolute Gasteiger partial charge is 0.377 e. The molecule has 21 heavy (non-hydrogen) atoms. The van der Waals surface area contributed by atoms with Gasteiger partial charge in [-0.1, -0.05) is 20.8 Å². The molecule has 1 amide bonds. The Bertz CT molecular complexity index is 458. The first-order valence-electron chi connectivity index (χ1n) is 7.90. The van der Waals surface area contributed by atoms with Crippen LogP contribution in [0.3, 0.4) is 0 Å². The van der Waals surface area contributed by atoms with Crippen LogP contribution in [0.15, 0.2) is 6.33 Å². The van der Waals surface area contributed by atoms with Gasteiger partial charge in [0, 0.05) is 25.6 Å². The minimum absolute atomic E-state index is 0.00534. The molecule has 1 fully saturated rings. The molecule has 6 nitrogen and oxygen atoms in total. The fourth-order valence-corrected chi connectivity index (χ4v) is 2.86. The molecule has 0 radical (unpaired) electrons. The molecule has 2 heterocycles. The van der Waals surface area contributed by atoms with E-state index >= 15 is 0 Å². The van der Waals surface area contributed by atoms with E-state index in [1.54, 1.807) is 6.33 Å². The van der Waals surface area contributed by atoms with Crippen LogP contribution >= 0.6 is 0 Å². The Balaban J connectivity index is 1.82. The van der Waals surface area contributed by atoms with Gasteiger partial charge >= 0.3 is 0 Å². The lowest BCUT2D eigenvalue weighted by atomic mass is 9.92. The lowest BCUT2D eigenvalue weighted by Crippen LogP contribution is -2.42. The highest BCUT2D eigenvalue weighted by molar-refractivity contribution is 5.79. The van der Waals surface area contributed by atoms with Crippen molar-refractivity contribution in [1.82, 2.24) is 20.1 Å². The van der Waals surface area contributed by atoms with Crippen molar-refractivity contribution in [2.45, 2.75) is 58.6 Å². The molecular weight excluding hydrogens is 268 g/mol. The van der Waals surface area contributed by atoms with Crippen LogP contribution in [-0.4, -0.2) is 39.9 Å². The Hall–Kier alpha value is -1.43. The Morgan fingerprint density at radius 2 is 2.38 bits per heavy atom. The third-order valence-electron chi connectivity index (χ3n) is 3.99. The van der Waals surface area contributed by atoms with Gasteiger partial charge in [-0.2, -0.15) is 0 Å². The maximum Gasteiger partial charge on any atom is 0.225 e. The van der Waals surface area contributed by atoms with E-state index in [4.69, 9.17) is 4.74 Å². The fraction of sp³-hybridized carbons (Fsp3) is 0.800. The zero-order valence-corrected chi connectivity index (χ0v) is 13.2. The summed E-state index contributed by atoms with van der Waals surface area (Å²) in [7, 11) is 0. The Kier molecular flexibility index (Phi) is 5.73. The molecule has 1 aromatic heterocycles. The summed E-state index contributed by atoms with van der Waals surface area (Å²) in [4.78, 5) is 12.3. The summed E-state index contributed by atoms with van der Waals surface area (Å²) in [6, 6.07) is 0. The van der Waals surface area contributed by atoms with Crippen molar-refractivity contribution in [3.05, 3.63) is 12.2 Å². The molecule has 2 atom stereocenters. The molecule has 0 aromatic carbocycles. The first-order chi connectivity index (χ1) is 10.1. The van der Waals surface area contributed by atoms with Gasteiger partial charge in [-0.05, 0) is 19.3 Å². The van der Waals surface area contributed by atoms with Gasteiger partial charge in [-0.25, -0.2) is 0 Å². The zero-order valence-electron chi connectivity index (χ0n) is 13.2. The van der Waals surface area contributed by atoms with E-state index in [2.05, 4.69) is 36.3 Å². The highest BCUT2D eigenvalue weighted by atomic mass is 16.5. The Labute approximate surface area is 126 Å². The number of hydrogen-bond donors (Lipinski definition) is 1. The normalized spacial score (nSPS) is 22.5. The summed E-state index contributed by atoms with van der Waals surface area (Å²) in [6.45, 7) is 8.33. The van der Waals surface area contributed by atoms with Crippen molar-refractivity contribution in [2.24, 2.45) is 5.92 Å². The standard InChI is InChI=1S/C15H26N4O2/c1-4-13-12(6-5-9-21-13)15(20)16-7-8-19-10-17-18-14(19)11(2)3/h10-13H,4-9H2,1-3H3,(H,16,20). The number of hydrogen-bond acceptors (Lipinski definition) is 4. The van der Waals surface area contributed by atoms with Crippen LogP contribution in [0.4, 0.5) is 0 Å². The topological polar surface area (TPSA) is 69.0 Å². The van der Waals surface area contributed by atoms with Gasteiger partial charge < -0.3 is 14.6 Å². The molecule has 118 valence electrons. The molecule has 1 aromatic rings. The highest BCUT2D eigenvalue weighted by Gasteiger charge is 2.30. The van der Waals surface area contributed by atoms with E-state index < -0.39 is 0 Å². The number of carbonyl (C=O) groups is 1. The molecule has 0 spiro atoms. The maximum atomic E-state index is 12.3. The lowest BCUT2D eigenvalue weighted by molar-refractivity contribution is -0.134. The molecule has 6 heteroatoms. The van der Waals surface area contributed by atoms with E-state index in [0.717, 1.165) is 31.7 Å². The van der Waals surface area contributed by atoms with Crippen molar-refractivity contribution in [3.63, 3.8) is 0 Å². The Morgan fingerprint density at radius 3 is 3.10 bits per heavy atom. The van der Waals surface area contributed by atoms with Crippen LogP contribution in [0.1, 0.15) is 51.8 Å². The highest BCUT2D eigenvalue weighted by Crippen LogP contribution is 2.23. The van der Waals surface area contributed by atoms with E-state index in [9.17, 15) is 4.79 Å². The number of ether oxygens (including phenoxy) is 1.